The number of anilines is 2. The van der Waals surface area contributed by atoms with Gasteiger partial charge in [0.05, 0.1) is 11.3 Å². The highest BCUT2D eigenvalue weighted by Crippen LogP contribution is 2.41. The normalized spacial score (nSPS) is 19.4. The van der Waals surface area contributed by atoms with Crippen molar-refractivity contribution in [1.29, 1.82) is 0 Å². The number of fused-ring (bicyclic) bond motifs is 1. The number of nitrogen functional groups attached to an aromatic ring is 2. The van der Waals surface area contributed by atoms with E-state index in [9.17, 15) is 19.6 Å². The summed E-state index contributed by atoms with van der Waals surface area (Å²) in [5, 5.41) is 17.5. The fourth-order valence-corrected chi connectivity index (χ4v) is 6.70. The molecule has 5 heterocycles. The lowest BCUT2D eigenvalue weighted by molar-refractivity contribution is -0.688. The van der Waals surface area contributed by atoms with E-state index in [0.29, 0.717) is 23.0 Å². The Balaban J connectivity index is 1.34. The Morgan fingerprint density at radius 2 is 2.03 bits per heavy atom. The average molecular weight is 578 g/mol. The first-order valence-corrected chi connectivity index (χ1v) is 13.8. The van der Waals surface area contributed by atoms with Crippen LogP contribution < -0.4 is 21.4 Å². The summed E-state index contributed by atoms with van der Waals surface area (Å²) in [5.74, 6) is -0.896. The molecule has 0 aromatic carbocycles. The first-order chi connectivity index (χ1) is 17.8. The van der Waals surface area contributed by atoms with Gasteiger partial charge in [-0.05, 0) is 17.7 Å². The predicted octanol–water partition coefficient (Wildman–Crippen LogP) is 1.02. The van der Waals surface area contributed by atoms with Crippen molar-refractivity contribution in [3.8, 4) is 11.3 Å². The summed E-state index contributed by atoms with van der Waals surface area (Å²) in [6, 6.07) is 2.81. The number of thiazole rings is 2. The molecule has 1 fully saturated rings. The summed E-state index contributed by atoms with van der Waals surface area (Å²) in [6.07, 6.45) is 3.71. The molecule has 0 radical (unpaired) electrons. The number of oxime groups is 1. The van der Waals surface area contributed by atoms with E-state index in [1.54, 1.807) is 0 Å². The summed E-state index contributed by atoms with van der Waals surface area (Å²) in [7, 11) is 0. The van der Waals surface area contributed by atoms with Gasteiger partial charge in [0.2, 0.25) is 0 Å². The monoisotopic (exact) mass is 577 g/mol. The van der Waals surface area contributed by atoms with Gasteiger partial charge < -0.3 is 22.0 Å². The number of nitrogens with zero attached hydrogens (tertiary/aromatic N) is 5. The van der Waals surface area contributed by atoms with Gasteiger partial charge in [0, 0.05) is 28.2 Å². The molecule has 0 spiro atoms. The van der Waals surface area contributed by atoms with Crippen LogP contribution in [0.25, 0.3) is 11.3 Å². The van der Waals surface area contributed by atoms with Gasteiger partial charge >= 0.3 is 0 Å². The second-order valence-corrected chi connectivity index (χ2v) is 11.2. The maximum absolute atomic E-state index is 13.0. The number of amides is 2. The molecule has 0 bridgehead atoms. The number of carbonyl (C=O) groups excluding carboxylic acids is 3. The van der Waals surface area contributed by atoms with Crippen LogP contribution in [-0.4, -0.2) is 60.0 Å². The third kappa shape index (κ3) is 4.77. The van der Waals surface area contributed by atoms with Crippen molar-refractivity contribution < 1.29 is 24.2 Å². The Morgan fingerprint density at radius 1 is 1.27 bits per heavy atom. The SMILES string of the molecule is Nc1nc(C(=NO)C(=O)N[C@@H]2C(=O)N3C(C(=O)Cl)=C(C[n+]4cccc(-c5csc(N)n5)c4)CS[C@@H]23)cs1. The molecule has 3 aromatic heterocycles. The number of rotatable bonds is 7. The van der Waals surface area contributed by atoms with Crippen molar-refractivity contribution >= 4 is 79.1 Å². The van der Waals surface area contributed by atoms with E-state index in [2.05, 4.69) is 20.4 Å². The van der Waals surface area contributed by atoms with Crippen molar-refractivity contribution in [3.63, 3.8) is 0 Å². The van der Waals surface area contributed by atoms with Crippen molar-refractivity contribution in [2.75, 3.05) is 17.2 Å². The van der Waals surface area contributed by atoms with Gasteiger partial charge in [0.25, 0.3) is 17.1 Å². The van der Waals surface area contributed by atoms with Gasteiger partial charge in [0.1, 0.15) is 22.8 Å². The Morgan fingerprint density at radius 3 is 2.68 bits per heavy atom. The lowest BCUT2D eigenvalue weighted by Crippen LogP contribution is -2.71. The highest BCUT2D eigenvalue weighted by molar-refractivity contribution is 8.00. The van der Waals surface area contributed by atoms with Gasteiger partial charge in [-0.1, -0.05) is 5.16 Å². The third-order valence-electron chi connectivity index (χ3n) is 5.65. The summed E-state index contributed by atoms with van der Waals surface area (Å²) >= 11 is 9.72. The minimum atomic E-state index is -0.941. The van der Waals surface area contributed by atoms with Crippen molar-refractivity contribution in [2.24, 2.45) is 5.16 Å². The number of halogens is 1. The second kappa shape index (κ2) is 10.1. The fourth-order valence-electron chi connectivity index (χ4n) is 4.02. The van der Waals surface area contributed by atoms with Gasteiger partial charge in [-0.15, -0.1) is 34.4 Å². The molecule has 12 nitrogen and oxygen atoms in total. The average Bonchev–Trinajstić information content (AvgIpc) is 3.51. The zero-order chi connectivity index (χ0) is 26.3. The van der Waals surface area contributed by atoms with E-state index in [1.165, 1.54) is 33.4 Å². The Kier molecular flexibility index (Phi) is 6.85. The summed E-state index contributed by atoms with van der Waals surface area (Å²) in [6.45, 7) is 0.314. The molecule has 0 aliphatic carbocycles. The summed E-state index contributed by atoms with van der Waals surface area (Å²) < 4.78 is 1.87. The maximum atomic E-state index is 13.0. The van der Waals surface area contributed by atoms with Crippen LogP contribution in [0, 0.1) is 0 Å². The number of aromatic nitrogens is 3. The summed E-state index contributed by atoms with van der Waals surface area (Å²) in [5.41, 5.74) is 13.4. The smallest absolute Gasteiger partial charge is 0.276 e. The number of nitrogens with one attached hydrogen (secondary N) is 1. The number of thioether (sulfide) groups is 1. The van der Waals surface area contributed by atoms with Crippen molar-refractivity contribution in [2.45, 2.75) is 18.0 Å². The van der Waals surface area contributed by atoms with Crippen LogP contribution in [0.5, 0.6) is 0 Å². The number of hydrogen-bond acceptors (Lipinski definition) is 12. The van der Waals surface area contributed by atoms with E-state index in [-0.39, 0.29) is 22.2 Å². The molecular weight excluding hydrogens is 560 g/mol. The van der Waals surface area contributed by atoms with Crippen molar-refractivity contribution in [1.82, 2.24) is 20.2 Å². The third-order valence-corrected chi connectivity index (χ3v) is 8.52. The highest BCUT2D eigenvalue weighted by Gasteiger charge is 2.54. The van der Waals surface area contributed by atoms with Gasteiger partial charge in [-0.25, -0.2) is 14.5 Å². The Hall–Kier alpha value is -3.53. The molecule has 0 saturated carbocycles. The van der Waals surface area contributed by atoms with Crippen LogP contribution in [-0.2, 0) is 20.9 Å². The lowest BCUT2D eigenvalue weighted by atomic mass is 10.0. The molecule has 3 aromatic rings. The molecule has 2 aliphatic rings. The Bertz CT molecular complexity index is 1490. The van der Waals surface area contributed by atoms with Crippen LogP contribution in [0.2, 0.25) is 0 Å². The van der Waals surface area contributed by atoms with E-state index in [1.807, 2.05) is 34.5 Å². The zero-order valence-electron chi connectivity index (χ0n) is 18.7. The molecule has 37 heavy (non-hydrogen) atoms. The molecule has 0 unspecified atom stereocenters. The maximum Gasteiger partial charge on any atom is 0.276 e. The molecular formula is C21H18ClN8O4S3+. The van der Waals surface area contributed by atoms with Crippen LogP contribution >= 0.6 is 46.0 Å². The molecule has 5 rings (SSSR count). The standard InChI is InChI=1S/C21H17ClN8O4S3/c22-16(31)15-10(5-29-3-1-2-9(4-29)11-7-36-20(23)25-11)6-35-19-14(18(33)30(15)19)27-17(32)13(28-34)12-8-37-21(24)26-12/h1-4,7-8,14,19H,5-6H2,(H5-,23,24,25,26,27,32,34)/p+1/t14-,19+/m1/s1. The quantitative estimate of drug-likeness (QED) is 0.0795. The van der Waals surface area contributed by atoms with Gasteiger partial charge in [-0.2, -0.15) is 0 Å². The number of nitrogens with two attached hydrogens (primary N) is 2. The summed E-state index contributed by atoms with van der Waals surface area (Å²) in [4.78, 5) is 47.7. The topological polar surface area (TPSA) is 181 Å². The van der Waals surface area contributed by atoms with Gasteiger partial charge in [0.15, 0.2) is 34.9 Å². The van der Waals surface area contributed by atoms with E-state index >= 15 is 0 Å². The first-order valence-electron chi connectivity index (χ1n) is 10.6. The van der Waals surface area contributed by atoms with E-state index < -0.39 is 28.5 Å². The minimum Gasteiger partial charge on any atom is -0.410 e. The van der Waals surface area contributed by atoms with E-state index in [0.717, 1.165) is 22.6 Å². The highest BCUT2D eigenvalue weighted by atomic mass is 35.5. The fraction of sp³-hybridized carbons (Fsp3) is 0.190. The molecule has 190 valence electrons. The molecule has 16 heteroatoms. The number of pyridine rings is 1. The number of β-lactam (4-membered cyclic amide) rings is 1. The number of hydrogen-bond donors (Lipinski definition) is 4. The van der Waals surface area contributed by atoms with Gasteiger partial charge in [-0.3, -0.25) is 19.3 Å². The van der Waals surface area contributed by atoms with E-state index in [4.69, 9.17) is 23.1 Å². The molecule has 2 amide bonds. The minimum absolute atomic E-state index is 0.0841. The van der Waals surface area contributed by atoms with Crippen LogP contribution in [0.3, 0.4) is 0 Å². The molecule has 2 aliphatic heterocycles. The van der Waals surface area contributed by atoms with Crippen molar-refractivity contribution in [3.05, 3.63) is 52.3 Å². The Labute approximate surface area is 226 Å². The zero-order valence-corrected chi connectivity index (χ0v) is 21.9. The first kappa shape index (κ1) is 25.1. The second-order valence-electron chi connectivity index (χ2n) is 7.94. The predicted molar refractivity (Wildman–Crippen MR) is 140 cm³/mol. The molecule has 6 N–H and O–H groups in total. The largest absolute Gasteiger partial charge is 0.410 e. The van der Waals surface area contributed by atoms with Crippen LogP contribution in [0.4, 0.5) is 10.3 Å². The lowest BCUT2D eigenvalue weighted by Gasteiger charge is -2.49. The van der Waals surface area contributed by atoms with Crippen LogP contribution in [0.1, 0.15) is 5.69 Å². The van der Waals surface area contributed by atoms with Crippen LogP contribution in [0.15, 0.2) is 51.7 Å². The number of carbonyl (C=O) groups is 3. The molecule has 1 saturated heterocycles. The number of allylic oxidation sites excluding steroid dienone is 1. The molecule has 2 atom stereocenters.